The van der Waals surface area contributed by atoms with Crippen molar-refractivity contribution < 1.29 is 53.1 Å². The average molecular weight is 561 g/mol. The summed E-state index contributed by atoms with van der Waals surface area (Å²) in [5.74, 6) is -5.81. The molecule has 1 aromatic heterocycles. The molecule has 1 aromatic rings. The lowest BCUT2D eigenvalue weighted by Gasteiger charge is -2.68. The van der Waals surface area contributed by atoms with E-state index in [1.165, 1.54) is 26.6 Å². The molecule has 0 amide bonds. The molecular weight excluding hydrogens is 524 g/mol. The van der Waals surface area contributed by atoms with E-state index < -0.39 is 81.8 Å². The lowest BCUT2D eigenvalue weighted by Crippen LogP contribution is -2.80. The summed E-state index contributed by atoms with van der Waals surface area (Å²) in [7, 11) is 1.22. The third-order valence-electron chi connectivity index (χ3n) is 10.9. The maximum atomic E-state index is 13.1. The number of hydrogen-bond acceptors (Lipinski definition) is 11. The van der Waals surface area contributed by atoms with Crippen molar-refractivity contribution in [3.8, 4) is 0 Å². The predicted octanol–water partition coefficient (Wildman–Crippen LogP) is 1.94. The van der Waals surface area contributed by atoms with Crippen molar-refractivity contribution in [1.82, 2.24) is 0 Å². The van der Waals surface area contributed by atoms with Crippen molar-refractivity contribution in [2.45, 2.75) is 89.7 Å². The third kappa shape index (κ3) is 2.96. The van der Waals surface area contributed by atoms with Gasteiger partial charge in [-0.1, -0.05) is 33.3 Å². The zero-order valence-electron chi connectivity index (χ0n) is 23.4. The van der Waals surface area contributed by atoms with Crippen LogP contribution in [0.2, 0.25) is 0 Å². The molecule has 3 N–H and O–H groups in total. The van der Waals surface area contributed by atoms with Crippen LogP contribution in [0.4, 0.5) is 0 Å². The van der Waals surface area contributed by atoms with E-state index >= 15 is 0 Å². The van der Waals surface area contributed by atoms with Gasteiger partial charge in [-0.25, -0.2) is 9.59 Å². The highest BCUT2D eigenvalue weighted by Crippen LogP contribution is 2.76. The largest absolute Gasteiger partial charge is 0.472 e. The lowest BCUT2D eigenvalue weighted by molar-refractivity contribution is -0.388. The first-order valence-corrected chi connectivity index (χ1v) is 13.6. The van der Waals surface area contributed by atoms with Crippen LogP contribution in [0.3, 0.4) is 0 Å². The van der Waals surface area contributed by atoms with Crippen molar-refractivity contribution in [2.24, 2.45) is 28.1 Å². The Hall–Kier alpha value is -2.73. The molecule has 11 heteroatoms. The molecule has 218 valence electrons. The zero-order chi connectivity index (χ0) is 29.2. The number of hydrogen-bond donors (Lipinski definition) is 3. The number of fused-ring (bicyclic) bond motifs is 2. The molecule has 40 heavy (non-hydrogen) atoms. The molecule has 2 aliphatic heterocycles. The summed E-state index contributed by atoms with van der Waals surface area (Å²) in [4.78, 5) is 38.5. The van der Waals surface area contributed by atoms with Crippen molar-refractivity contribution in [3.05, 3.63) is 35.3 Å². The van der Waals surface area contributed by atoms with Crippen molar-refractivity contribution in [1.29, 1.82) is 0 Å². The second-order valence-corrected chi connectivity index (χ2v) is 13.1. The van der Waals surface area contributed by atoms with Gasteiger partial charge < -0.3 is 38.7 Å². The minimum atomic E-state index is -2.31. The summed E-state index contributed by atoms with van der Waals surface area (Å²) in [5.41, 5.74) is -3.84. The minimum absolute atomic E-state index is 0.265. The van der Waals surface area contributed by atoms with E-state index in [0.29, 0.717) is 29.6 Å². The van der Waals surface area contributed by atoms with Gasteiger partial charge in [0.1, 0.15) is 12.2 Å². The number of rotatable bonds is 3. The van der Waals surface area contributed by atoms with Gasteiger partial charge in [0.25, 0.3) is 0 Å². The smallest absolute Gasteiger partial charge is 0.339 e. The van der Waals surface area contributed by atoms with Gasteiger partial charge in [0, 0.05) is 41.1 Å². The highest BCUT2D eigenvalue weighted by molar-refractivity contribution is 5.81. The highest BCUT2D eigenvalue weighted by atomic mass is 16.7. The lowest BCUT2D eigenvalue weighted by atomic mass is 9.38. The average Bonchev–Trinajstić information content (AvgIpc) is 3.48. The Morgan fingerprint density at radius 1 is 1.15 bits per heavy atom. The van der Waals surface area contributed by atoms with Gasteiger partial charge in [-0.3, -0.25) is 4.79 Å². The van der Waals surface area contributed by atoms with Gasteiger partial charge in [0.2, 0.25) is 5.79 Å². The van der Waals surface area contributed by atoms with Gasteiger partial charge in [-0.05, 0) is 30.4 Å². The molecule has 0 aromatic carbocycles. The molecule has 2 saturated heterocycles. The van der Waals surface area contributed by atoms with Crippen LogP contribution >= 0.6 is 0 Å². The predicted molar refractivity (Wildman–Crippen MR) is 134 cm³/mol. The summed E-state index contributed by atoms with van der Waals surface area (Å²) < 4.78 is 27.9. The first-order valence-electron chi connectivity index (χ1n) is 13.6. The Morgan fingerprint density at radius 2 is 1.85 bits per heavy atom. The monoisotopic (exact) mass is 560 g/mol. The van der Waals surface area contributed by atoms with Gasteiger partial charge in [-0.2, -0.15) is 0 Å². The molecule has 4 fully saturated rings. The molecule has 3 heterocycles. The minimum Gasteiger partial charge on any atom is -0.472 e. The van der Waals surface area contributed by atoms with Crippen molar-refractivity contribution in [2.75, 3.05) is 7.11 Å². The maximum absolute atomic E-state index is 13.1. The molecule has 11 nitrogen and oxygen atoms in total. The fourth-order valence-electron chi connectivity index (χ4n) is 9.50. The number of aliphatic hydroxyl groups is 3. The first kappa shape index (κ1) is 27.4. The number of esters is 3. The fourth-order valence-corrected chi connectivity index (χ4v) is 9.50. The van der Waals surface area contributed by atoms with E-state index in [1.807, 2.05) is 6.92 Å². The molecule has 4 bridgehead atoms. The molecule has 10 atom stereocenters. The molecule has 10 unspecified atom stereocenters. The Morgan fingerprint density at radius 3 is 2.45 bits per heavy atom. The van der Waals surface area contributed by atoms with Crippen LogP contribution in [0.1, 0.15) is 65.5 Å². The van der Waals surface area contributed by atoms with Crippen LogP contribution in [-0.2, 0) is 33.3 Å². The maximum Gasteiger partial charge on any atom is 0.339 e. The number of carbonyl (C=O) groups excluding carboxylic acids is 3. The number of methoxy groups -OCH3 is 1. The fraction of sp³-hybridized carbons (Fsp3) is 0.690. The second-order valence-electron chi connectivity index (χ2n) is 13.1. The Bertz CT molecular complexity index is 1310. The quantitative estimate of drug-likeness (QED) is 0.281. The number of furan rings is 1. The van der Waals surface area contributed by atoms with E-state index in [4.69, 9.17) is 23.4 Å². The Labute approximate surface area is 231 Å². The third-order valence-corrected chi connectivity index (χ3v) is 10.9. The first-order chi connectivity index (χ1) is 18.6. The zero-order valence-corrected chi connectivity index (χ0v) is 23.4. The van der Waals surface area contributed by atoms with E-state index in [-0.39, 0.29) is 6.42 Å². The molecular formula is C29H36O11. The van der Waals surface area contributed by atoms with Gasteiger partial charge in [-0.15, -0.1) is 0 Å². The van der Waals surface area contributed by atoms with Crippen LogP contribution in [0.5, 0.6) is 0 Å². The molecule has 0 radical (unpaired) electrons. The normalized spacial score (nSPS) is 46.7. The van der Waals surface area contributed by atoms with Gasteiger partial charge in [0.15, 0.2) is 17.8 Å². The summed E-state index contributed by atoms with van der Waals surface area (Å²) in [6, 6.07) is 1.71. The summed E-state index contributed by atoms with van der Waals surface area (Å²) in [6.45, 7) is 8.45. The molecule has 6 rings (SSSR count). The van der Waals surface area contributed by atoms with Crippen molar-refractivity contribution >= 4 is 17.9 Å². The second kappa shape index (κ2) is 8.18. The highest BCUT2D eigenvalue weighted by Gasteiger charge is 2.86. The summed E-state index contributed by atoms with van der Waals surface area (Å²) >= 11 is 0. The molecule has 5 aliphatic rings. The van der Waals surface area contributed by atoms with E-state index in [0.717, 1.165) is 0 Å². The Kier molecular flexibility index (Phi) is 5.61. The van der Waals surface area contributed by atoms with E-state index in [1.54, 1.807) is 26.8 Å². The number of cyclic esters (lactones) is 1. The van der Waals surface area contributed by atoms with Gasteiger partial charge in [0.05, 0.1) is 19.6 Å². The summed E-state index contributed by atoms with van der Waals surface area (Å²) in [5, 5.41) is 36.3. The van der Waals surface area contributed by atoms with Crippen LogP contribution < -0.4 is 0 Å². The van der Waals surface area contributed by atoms with E-state index in [2.05, 4.69) is 0 Å². The Balaban J connectivity index is 1.63. The van der Waals surface area contributed by atoms with Crippen LogP contribution in [0.25, 0.3) is 0 Å². The number of carbonyl (C=O) groups is 3. The standard InChI is InChI=1S/C29H36O11/c1-13(30)38-24-25(2,3)20-19(23(33)36-6)40-29(35)27(20,5)16-7-9-26(4)17(15(16)11-28(24,29)34)18(31)22(32)39-21(26)14-8-10-37-12-14/h8,10,12,16,18-21,24,31,34-35H,7,9,11H2,1-6H3. The van der Waals surface area contributed by atoms with Gasteiger partial charge >= 0.3 is 17.9 Å². The topological polar surface area (TPSA) is 162 Å². The number of aliphatic hydroxyl groups excluding tert-OH is 1. The number of ether oxygens (including phenoxy) is 4. The van der Waals surface area contributed by atoms with Crippen LogP contribution in [0, 0.1) is 28.1 Å². The van der Waals surface area contributed by atoms with Crippen LogP contribution in [0.15, 0.2) is 34.2 Å². The SMILES string of the molecule is COC(=O)C1OC2(O)C3(O)CC4=C5C(O)C(=O)OC(c6ccoc6)C5(C)CCC4C2(C)C1C(C)(C)C3OC(C)=O. The van der Waals surface area contributed by atoms with E-state index in [9.17, 15) is 29.7 Å². The van der Waals surface area contributed by atoms with Crippen LogP contribution in [-0.4, -0.2) is 70.0 Å². The summed E-state index contributed by atoms with van der Waals surface area (Å²) in [6.07, 6.45) is -1.27. The molecule has 3 aliphatic carbocycles. The molecule has 2 saturated carbocycles. The van der Waals surface area contributed by atoms with Crippen molar-refractivity contribution in [3.63, 3.8) is 0 Å². The molecule has 0 spiro atoms.